The van der Waals surface area contributed by atoms with E-state index in [0.29, 0.717) is 16.6 Å². The van der Waals surface area contributed by atoms with Crippen molar-refractivity contribution in [3.63, 3.8) is 0 Å². The van der Waals surface area contributed by atoms with E-state index in [1.165, 1.54) is 17.8 Å². The fourth-order valence-electron chi connectivity index (χ4n) is 3.59. The monoisotopic (exact) mass is 460 g/mol. The molecule has 6 N–H and O–H groups in total. The van der Waals surface area contributed by atoms with Crippen LogP contribution in [0.15, 0.2) is 42.9 Å². The van der Waals surface area contributed by atoms with Crippen LogP contribution in [0, 0.1) is 11.8 Å². The molecule has 1 aliphatic heterocycles. The number of aliphatic hydroxyl groups excluding tert-OH is 1. The predicted molar refractivity (Wildman–Crippen MR) is 113 cm³/mol. The van der Waals surface area contributed by atoms with Crippen molar-refractivity contribution in [3.8, 4) is 11.8 Å². The van der Waals surface area contributed by atoms with Crippen LogP contribution in [-0.4, -0.2) is 59.0 Å². The first-order chi connectivity index (χ1) is 15.1. The third-order valence-electron chi connectivity index (χ3n) is 5.17. The van der Waals surface area contributed by atoms with Gasteiger partial charge in [-0.2, -0.15) is 0 Å². The summed E-state index contributed by atoms with van der Waals surface area (Å²) in [6.07, 6.45) is -1.07. The summed E-state index contributed by atoms with van der Waals surface area (Å²) in [4.78, 5) is 26.1. The Bertz CT molecular complexity index is 1250. The van der Waals surface area contributed by atoms with E-state index in [0.717, 1.165) is 5.56 Å². The molecule has 32 heavy (non-hydrogen) atoms. The number of aliphatic hydroxyl groups is 2. The maximum Gasteiger partial charge on any atom is 0.469 e. The molecule has 4 atom stereocenters. The van der Waals surface area contributed by atoms with Crippen molar-refractivity contribution >= 4 is 24.7 Å². The first-order valence-electron chi connectivity index (χ1n) is 9.52. The summed E-state index contributed by atoms with van der Waals surface area (Å²) in [6, 6.07) is 9.28. The van der Waals surface area contributed by atoms with Gasteiger partial charge >= 0.3 is 7.82 Å². The van der Waals surface area contributed by atoms with Gasteiger partial charge in [0.15, 0.2) is 6.23 Å². The average Bonchev–Trinajstić information content (AvgIpc) is 3.21. The van der Waals surface area contributed by atoms with Crippen LogP contribution in [0.3, 0.4) is 0 Å². The van der Waals surface area contributed by atoms with Crippen LogP contribution in [-0.2, 0) is 13.8 Å². The molecule has 12 heteroatoms. The zero-order valence-electron chi connectivity index (χ0n) is 16.9. The van der Waals surface area contributed by atoms with Gasteiger partial charge in [0, 0.05) is 11.8 Å². The van der Waals surface area contributed by atoms with E-state index < -0.39 is 38.5 Å². The fraction of sp³-hybridized carbons (Fsp3) is 0.300. The number of anilines is 1. The smallest absolute Gasteiger partial charge is 0.387 e. The minimum atomic E-state index is -4.79. The van der Waals surface area contributed by atoms with E-state index in [1.54, 1.807) is 6.20 Å². The van der Waals surface area contributed by atoms with Crippen molar-refractivity contribution in [1.82, 2.24) is 14.5 Å². The number of benzene rings is 1. The molecule has 3 aromatic rings. The number of nitrogen functional groups attached to an aromatic ring is 1. The second kappa shape index (κ2) is 8.27. The molecule has 0 aliphatic carbocycles. The summed E-state index contributed by atoms with van der Waals surface area (Å²) in [5.74, 6) is 6.22. The SMILES string of the molecule is C[C@@]1(O)[C@H](O)[C@@H](COP(=O)(O)O)O[C@H]1n1cc(C#Cc2ccccc2)c2c(N)ncnc21. The number of nitrogens with two attached hydrogens (primary N) is 1. The molecule has 0 unspecified atom stereocenters. The lowest BCUT2D eigenvalue weighted by Gasteiger charge is -2.27. The number of nitrogens with zero attached hydrogens (tertiary/aromatic N) is 3. The van der Waals surface area contributed by atoms with E-state index in [4.69, 9.17) is 20.3 Å². The van der Waals surface area contributed by atoms with Crippen molar-refractivity contribution in [2.24, 2.45) is 0 Å². The third-order valence-corrected chi connectivity index (χ3v) is 5.65. The number of rotatable bonds is 4. The van der Waals surface area contributed by atoms with E-state index in [2.05, 4.69) is 26.3 Å². The van der Waals surface area contributed by atoms with Crippen LogP contribution in [0.4, 0.5) is 5.82 Å². The Morgan fingerprint density at radius 1 is 1.28 bits per heavy atom. The molecular formula is C20H21N4O7P. The fourth-order valence-corrected chi connectivity index (χ4v) is 3.93. The maximum absolute atomic E-state index is 11.0. The van der Waals surface area contributed by atoms with E-state index in [-0.39, 0.29) is 5.82 Å². The molecule has 3 heterocycles. The minimum Gasteiger partial charge on any atom is -0.387 e. The minimum absolute atomic E-state index is 0.172. The topological polar surface area (TPSA) is 173 Å². The Morgan fingerprint density at radius 2 is 2.00 bits per heavy atom. The number of phosphoric ester groups is 1. The van der Waals surface area contributed by atoms with Gasteiger partial charge in [-0.1, -0.05) is 30.0 Å². The molecule has 1 saturated heterocycles. The Kier molecular flexibility index (Phi) is 5.79. The summed E-state index contributed by atoms with van der Waals surface area (Å²) in [5.41, 5.74) is 5.78. The van der Waals surface area contributed by atoms with Crippen LogP contribution in [0.25, 0.3) is 11.0 Å². The van der Waals surface area contributed by atoms with Gasteiger partial charge in [0.2, 0.25) is 0 Å². The molecule has 0 saturated carbocycles. The number of aromatic nitrogens is 3. The third kappa shape index (κ3) is 4.26. The van der Waals surface area contributed by atoms with Crippen LogP contribution < -0.4 is 5.73 Å². The number of hydrogen-bond donors (Lipinski definition) is 5. The highest BCUT2D eigenvalue weighted by Crippen LogP contribution is 2.43. The second-order valence-electron chi connectivity index (χ2n) is 7.51. The maximum atomic E-state index is 11.0. The number of hydrogen-bond acceptors (Lipinski definition) is 8. The zero-order chi connectivity index (χ0) is 23.1. The Hall–Kier alpha value is -2.81. The second-order valence-corrected chi connectivity index (χ2v) is 8.75. The van der Waals surface area contributed by atoms with Gasteiger partial charge in [0.25, 0.3) is 0 Å². The van der Waals surface area contributed by atoms with Crippen LogP contribution in [0.1, 0.15) is 24.3 Å². The van der Waals surface area contributed by atoms with Crippen molar-refractivity contribution in [3.05, 3.63) is 54.0 Å². The Labute approximate surface area is 182 Å². The number of ether oxygens (including phenoxy) is 1. The van der Waals surface area contributed by atoms with Crippen LogP contribution >= 0.6 is 7.82 Å². The van der Waals surface area contributed by atoms with Gasteiger partial charge < -0.3 is 35.0 Å². The van der Waals surface area contributed by atoms with Crippen molar-refractivity contribution < 1.29 is 33.8 Å². The van der Waals surface area contributed by atoms with Gasteiger partial charge in [-0.3, -0.25) is 4.52 Å². The molecule has 4 rings (SSSR count). The molecule has 1 aliphatic rings. The van der Waals surface area contributed by atoms with Gasteiger partial charge in [-0.25, -0.2) is 14.5 Å². The molecule has 0 amide bonds. The highest BCUT2D eigenvalue weighted by molar-refractivity contribution is 7.46. The first kappa shape index (κ1) is 22.4. The van der Waals surface area contributed by atoms with E-state index in [1.807, 2.05) is 30.3 Å². The standard InChI is InChI=1S/C20H21N4O7P/c1-20(26)16(25)14(10-30-32(27,28)29)31-19(20)24-9-13(8-7-12-5-3-2-4-6-12)15-17(21)22-11-23-18(15)24/h2-6,9,11,14,16,19,25-26H,10H2,1H3,(H2,21,22,23)(H2,27,28,29)/t14-,16-,19-,20-/m1/s1. The summed E-state index contributed by atoms with van der Waals surface area (Å²) < 4.78 is 22.7. The molecule has 0 radical (unpaired) electrons. The Morgan fingerprint density at radius 3 is 2.69 bits per heavy atom. The van der Waals surface area contributed by atoms with Gasteiger partial charge in [-0.05, 0) is 19.1 Å². The summed E-state index contributed by atoms with van der Waals surface area (Å²) in [6.45, 7) is 0.709. The highest BCUT2D eigenvalue weighted by atomic mass is 31.2. The van der Waals surface area contributed by atoms with Crippen LogP contribution in [0.2, 0.25) is 0 Å². The number of phosphoric acid groups is 1. The summed E-state index contributed by atoms with van der Waals surface area (Å²) in [5, 5.41) is 21.9. The Balaban J connectivity index is 1.75. The van der Waals surface area contributed by atoms with Crippen molar-refractivity contribution in [2.75, 3.05) is 12.3 Å². The van der Waals surface area contributed by atoms with Gasteiger partial charge in [0.05, 0.1) is 17.6 Å². The zero-order valence-corrected chi connectivity index (χ0v) is 17.8. The summed E-state index contributed by atoms with van der Waals surface area (Å²) in [7, 11) is -4.79. The normalized spacial score (nSPS) is 25.6. The molecule has 2 aromatic heterocycles. The summed E-state index contributed by atoms with van der Waals surface area (Å²) >= 11 is 0. The van der Waals surface area contributed by atoms with Crippen molar-refractivity contribution in [2.45, 2.75) is 31.0 Å². The highest BCUT2D eigenvalue weighted by Gasteiger charge is 2.54. The first-order valence-corrected chi connectivity index (χ1v) is 11.0. The lowest BCUT2D eigenvalue weighted by atomic mass is 9.96. The molecular weight excluding hydrogens is 439 g/mol. The largest absolute Gasteiger partial charge is 0.469 e. The van der Waals surface area contributed by atoms with Crippen LogP contribution in [0.5, 0.6) is 0 Å². The van der Waals surface area contributed by atoms with Gasteiger partial charge in [0.1, 0.15) is 35.6 Å². The quantitative estimate of drug-likeness (QED) is 0.273. The van der Waals surface area contributed by atoms with E-state index >= 15 is 0 Å². The molecule has 0 spiro atoms. The molecule has 1 fully saturated rings. The molecule has 168 valence electrons. The van der Waals surface area contributed by atoms with E-state index in [9.17, 15) is 14.8 Å². The average molecular weight is 460 g/mol. The number of fused-ring (bicyclic) bond motifs is 1. The lowest BCUT2D eigenvalue weighted by molar-refractivity contribution is -0.0947. The predicted octanol–water partition coefficient (Wildman–Crippen LogP) is 0.532. The van der Waals surface area contributed by atoms with Crippen molar-refractivity contribution in [1.29, 1.82) is 0 Å². The molecule has 11 nitrogen and oxygen atoms in total. The lowest BCUT2D eigenvalue weighted by Crippen LogP contribution is -2.44. The molecule has 1 aromatic carbocycles. The molecule has 0 bridgehead atoms. The van der Waals surface area contributed by atoms with Gasteiger partial charge in [-0.15, -0.1) is 0 Å².